The van der Waals surface area contributed by atoms with Crippen molar-refractivity contribution in [2.45, 2.75) is 25.8 Å². The molecule has 1 aliphatic heterocycles. The van der Waals surface area contributed by atoms with Gasteiger partial charge >= 0.3 is 0 Å². The standard InChI is InChI=1S/C14H21FN2/c1-2-14(12-4-6-13(15)7-5-12)17-10-3-8-16-9-11-17/h4-7,14,16H,2-3,8-11H2,1H3. The Morgan fingerprint density at radius 2 is 2.00 bits per heavy atom. The fourth-order valence-electron chi connectivity index (χ4n) is 2.57. The van der Waals surface area contributed by atoms with E-state index in [0.29, 0.717) is 6.04 Å². The quantitative estimate of drug-likeness (QED) is 0.867. The summed E-state index contributed by atoms with van der Waals surface area (Å²) in [5, 5.41) is 3.42. The molecule has 1 N–H and O–H groups in total. The fourth-order valence-corrected chi connectivity index (χ4v) is 2.57. The van der Waals surface area contributed by atoms with E-state index in [9.17, 15) is 4.39 Å². The van der Waals surface area contributed by atoms with Crippen LogP contribution in [0.15, 0.2) is 24.3 Å². The Balaban J connectivity index is 2.11. The zero-order chi connectivity index (χ0) is 12.1. The van der Waals surface area contributed by atoms with E-state index in [2.05, 4.69) is 17.1 Å². The number of rotatable bonds is 3. The highest BCUT2D eigenvalue weighted by atomic mass is 19.1. The molecule has 1 atom stereocenters. The third-order valence-corrected chi connectivity index (χ3v) is 3.46. The van der Waals surface area contributed by atoms with Crippen molar-refractivity contribution in [2.75, 3.05) is 26.2 Å². The second-order valence-corrected chi connectivity index (χ2v) is 4.62. The van der Waals surface area contributed by atoms with Gasteiger partial charge in [0.05, 0.1) is 0 Å². The second kappa shape index (κ2) is 6.12. The van der Waals surface area contributed by atoms with Crippen molar-refractivity contribution in [3.05, 3.63) is 35.6 Å². The Hall–Kier alpha value is -0.930. The van der Waals surface area contributed by atoms with Gasteiger partial charge in [-0.05, 0) is 37.1 Å². The van der Waals surface area contributed by atoms with Crippen molar-refractivity contribution >= 4 is 0 Å². The van der Waals surface area contributed by atoms with Gasteiger partial charge in [0.25, 0.3) is 0 Å². The predicted molar refractivity (Wildman–Crippen MR) is 68.5 cm³/mol. The molecular weight excluding hydrogens is 215 g/mol. The summed E-state index contributed by atoms with van der Waals surface area (Å²) in [6.45, 7) is 6.57. The lowest BCUT2D eigenvalue weighted by Gasteiger charge is -2.30. The molecule has 0 bridgehead atoms. The minimum absolute atomic E-state index is 0.152. The van der Waals surface area contributed by atoms with Gasteiger partial charge in [-0.15, -0.1) is 0 Å². The molecule has 1 unspecified atom stereocenters. The number of hydrogen-bond donors (Lipinski definition) is 1. The van der Waals surface area contributed by atoms with Crippen LogP contribution in [0.5, 0.6) is 0 Å². The largest absolute Gasteiger partial charge is 0.315 e. The van der Waals surface area contributed by atoms with Gasteiger partial charge in [0.1, 0.15) is 5.82 Å². The molecule has 3 heteroatoms. The summed E-state index contributed by atoms with van der Waals surface area (Å²) in [5.74, 6) is -0.152. The van der Waals surface area contributed by atoms with Gasteiger partial charge in [0.15, 0.2) is 0 Å². The van der Waals surface area contributed by atoms with E-state index in [-0.39, 0.29) is 5.82 Å². The highest BCUT2D eigenvalue weighted by molar-refractivity contribution is 5.20. The SMILES string of the molecule is CCC(c1ccc(F)cc1)N1CCCNCC1. The highest BCUT2D eigenvalue weighted by Crippen LogP contribution is 2.24. The molecule has 2 nitrogen and oxygen atoms in total. The Morgan fingerprint density at radius 1 is 1.24 bits per heavy atom. The molecule has 17 heavy (non-hydrogen) atoms. The first-order valence-corrected chi connectivity index (χ1v) is 6.51. The lowest BCUT2D eigenvalue weighted by Crippen LogP contribution is -2.32. The first kappa shape index (κ1) is 12.5. The Kier molecular flexibility index (Phi) is 4.51. The van der Waals surface area contributed by atoms with Crippen LogP contribution < -0.4 is 5.32 Å². The Bertz CT molecular complexity index is 329. The summed E-state index contributed by atoms with van der Waals surface area (Å²) in [7, 11) is 0. The Labute approximate surface area is 103 Å². The molecule has 0 aliphatic carbocycles. The third kappa shape index (κ3) is 3.27. The van der Waals surface area contributed by atoms with E-state index >= 15 is 0 Å². The summed E-state index contributed by atoms with van der Waals surface area (Å²) in [5.41, 5.74) is 1.23. The molecule has 2 rings (SSSR count). The first-order valence-electron chi connectivity index (χ1n) is 6.51. The van der Waals surface area contributed by atoms with E-state index in [1.807, 2.05) is 12.1 Å². The minimum atomic E-state index is -0.152. The molecule has 1 saturated heterocycles. The molecule has 0 spiro atoms. The summed E-state index contributed by atoms with van der Waals surface area (Å²) in [6.07, 6.45) is 2.27. The minimum Gasteiger partial charge on any atom is -0.315 e. The summed E-state index contributed by atoms with van der Waals surface area (Å²) in [6, 6.07) is 7.39. The van der Waals surface area contributed by atoms with Crippen LogP contribution >= 0.6 is 0 Å². The first-order chi connectivity index (χ1) is 8.31. The van der Waals surface area contributed by atoms with Gasteiger partial charge < -0.3 is 5.32 Å². The summed E-state index contributed by atoms with van der Waals surface area (Å²) in [4.78, 5) is 2.51. The van der Waals surface area contributed by atoms with Crippen LogP contribution in [0.3, 0.4) is 0 Å². The van der Waals surface area contributed by atoms with Crippen molar-refractivity contribution in [3.63, 3.8) is 0 Å². The average Bonchev–Trinajstić information content (AvgIpc) is 2.62. The maximum Gasteiger partial charge on any atom is 0.123 e. The van der Waals surface area contributed by atoms with Gasteiger partial charge in [-0.25, -0.2) is 4.39 Å². The Morgan fingerprint density at radius 3 is 2.71 bits per heavy atom. The zero-order valence-corrected chi connectivity index (χ0v) is 10.5. The topological polar surface area (TPSA) is 15.3 Å². The van der Waals surface area contributed by atoms with Crippen molar-refractivity contribution in [3.8, 4) is 0 Å². The number of hydrogen-bond acceptors (Lipinski definition) is 2. The van der Waals surface area contributed by atoms with Crippen molar-refractivity contribution in [2.24, 2.45) is 0 Å². The second-order valence-electron chi connectivity index (χ2n) is 4.62. The maximum atomic E-state index is 12.9. The molecule has 1 aromatic rings. The summed E-state index contributed by atoms with van der Waals surface area (Å²) >= 11 is 0. The van der Waals surface area contributed by atoms with Crippen LogP contribution in [0.2, 0.25) is 0 Å². The van der Waals surface area contributed by atoms with E-state index in [4.69, 9.17) is 0 Å². The van der Waals surface area contributed by atoms with Gasteiger partial charge in [0.2, 0.25) is 0 Å². The molecule has 94 valence electrons. The average molecular weight is 236 g/mol. The molecule has 1 aromatic carbocycles. The highest BCUT2D eigenvalue weighted by Gasteiger charge is 2.19. The summed E-state index contributed by atoms with van der Waals surface area (Å²) < 4.78 is 12.9. The number of benzene rings is 1. The monoisotopic (exact) mass is 236 g/mol. The predicted octanol–water partition coefficient (Wildman–Crippen LogP) is 2.57. The van der Waals surface area contributed by atoms with Crippen molar-refractivity contribution < 1.29 is 4.39 Å². The van der Waals surface area contributed by atoms with Gasteiger partial charge in [-0.2, -0.15) is 0 Å². The molecule has 0 radical (unpaired) electrons. The molecule has 0 aromatic heterocycles. The van der Waals surface area contributed by atoms with Crippen molar-refractivity contribution in [1.29, 1.82) is 0 Å². The molecule has 1 heterocycles. The van der Waals surface area contributed by atoms with E-state index in [0.717, 1.165) is 32.6 Å². The normalized spacial score (nSPS) is 19.9. The van der Waals surface area contributed by atoms with Crippen LogP contribution in [-0.2, 0) is 0 Å². The number of nitrogens with zero attached hydrogens (tertiary/aromatic N) is 1. The van der Waals surface area contributed by atoms with E-state index in [1.165, 1.54) is 12.0 Å². The fraction of sp³-hybridized carbons (Fsp3) is 0.571. The molecule has 0 amide bonds. The molecule has 1 aliphatic rings. The van der Waals surface area contributed by atoms with E-state index in [1.54, 1.807) is 12.1 Å². The molecule has 1 fully saturated rings. The number of halogens is 1. The third-order valence-electron chi connectivity index (χ3n) is 3.46. The van der Waals surface area contributed by atoms with Gasteiger partial charge in [0, 0.05) is 25.7 Å². The number of nitrogens with one attached hydrogen (secondary N) is 1. The maximum absolute atomic E-state index is 12.9. The van der Waals surface area contributed by atoms with Crippen LogP contribution in [-0.4, -0.2) is 31.1 Å². The molecular formula is C14H21FN2. The van der Waals surface area contributed by atoms with Gasteiger partial charge in [-0.3, -0.25) is 4.90 Å². The van der Waals surface area contributed by atoms with Crippen LogP contribution in [0.1, 0.15) is 31.4 Å². The van der Waals surface area contributed by atoms with Gasteiger partial charge in [-0.1, -0.05) is 19.1 Å². The lowest BCUT2D eigenvalue weighted by molar-refractivity contribution is 0.205. The van der Waals surface area contributed by atoms with Crippen LogP contribution in [0, 0.1) is 5.82 Å². The van der Waals surface area contributed by atoms with Crippen LogP contribution in [0.25, 0.3) is 0 Å². The van der Waals surface area contributed by atoms with Crippen molar-refractivity contribution in [1.82, 2.24) is 10.2 Å². The lowest BCUT2D eigenvalue weighted by atomic mass is 10.0. The smallest absolute Gasteiger partial charge is 0.123 e. The molecule has 0 saturated carbocycles. The van der Waals surface area contributed by atoms with E-state index < -0.39 is 0 Å². The van der Waals surface area contributed by atoms with Crippen LogP contribution in [0.4, 0.5) is 4.39 Å². The zero-order valence-electron chi connectivity index (χ0n) is 10.5.